The van der Waals surface area contributed by atoms with Crippen LogP contribution >= 0.6 is 23.2 Å². The van der Waals surface area contributed by atoms with E-state index in [1.807, 2.05) is 0 Å². The highest BCUT2D eigenvalue weighted by molar-refractivity contribution is 6.47. The molecule has 0 radical (unpaired) electrons. The van der Waals surface area contributed by atoms with E-state index in [1.165, 1.54) is 17.0 Å². The van der Waals surface area contributed by atoms with Crippen LogP contribution in [0.15, 0.2) is 30.3 Å². The molecule has 13 nitrogen and oxygen atoms in total. The standard InChI is InChI=1S/C24H23BCl2N4O9/c1-2-30-6-7-31(22(35)21(30)34)24(38)29-18(13-9-15(27)16(32)10-14(13)26)20(33)28-17-8-11-4-3-5-12(23(36)37)19(11)40-25(17)39/h3-5,9-10,17-18,32,39H,2,6-8H2,1H3,(H,28,33)(H,29,38)(H,36,37)/t17-,18+/m0/s1. The molecular weight excluding hydrogens is 570 g/mol. The average molecular weight is 593 g/mol. The molecule has 2 aromatic carbocycles. The van der Waals surface area contributed by atoms with Crippen LogP contribution in [0, 0.1) is 0 Å². The molecule has 2 aromatic rings. The number of carboxylic acid groups (broad SMARTS) is 1. The second kappa shape index (κ2) is 11.6. The molecule has 0 aromatic heterocycles. The van der Waals surface area contributed by atoms with Gasteiger partial charge in [0, 0.05) is 31.3 Å². The summed E-state index contributed by atoms with van der Waals surface area (Å²) in [6, 6.07) is 3.90. The minimum absolute atomic E-state index is 0.0277. The molecule has 1 fully saturated rings. The number of carboxylic acids is 1. The van der Waals surface area contributed by atoms with E-state index in [1.54, 1.807) is 13.0 Å². The third-order valence-electron chi connectivity index (χ3n) is 6.52. The quantitative estimate of drug-likeness (QED) is 0.241. The monoisotopic (exact) mass is 592 g/mol. The van der Waals surface area contributed by atoms with Crippen molar-refractivity contribution in [2.24, 2.45) is 0 Å². The largest absolute Gasteiger partial charge is 0.547 e. The Kier molecular flexibility index (Phi) is 8.42. The van der Waals surface area contributed by atoms with Crippen LogP contribution in [0.3, 0.4) is 0 Å². The minimum atomic E-state index is -1.66. The van der Waals surface area contributed by atoms with Crippen molar-refractivity contribution in [2.75, 3.05) is 19.6 Å². The molecule has 5 amide bonds. The number of likely N-dealkylation sites (N-methyl/N-ethyl adjacent to an activating group) is 1. The Morgan fingerprint density at radius 3 is 2.55 bits per heavy atom. The highest BCUT2D eigenvalue weighted by Crippen LogP contribution is 2.34. The van der Waals surface area contributed by atoms with E-state index in [-0.39, 0.29) is 58.7 Å². The molecule has 2 aliphatic heterocycles. The van der Waals surface area contributed by atoms with E-state index in [9.17, 15) is 39.2 Å². The smallest absolute Gasteiger partial charge is 0.534 e. The number of carbonyl (C=O) groups excluding carboxylic acids is 4. The first-order chi connectivity index (χ1) is 18.9. The molecule has 0 bridgehead atoms. The number of aromatic hydroxyl groups is 1. The summed E-state index contributed by atoms with van der Waals surface area (Å²) in [6.07, 6.45) is -0.0277. The number of hydrogen-bond acceptors (Lipinski definition) is 8. The molecule has 2 heterocycles. The SMILES string of the molecule is CCN1CCN(C(=O)N[C@@H](C(=O)N[C@H]2Cc3cccc(C(=O)O)c3OB2O)c2cc(Cl)c(O)cc2Cl)C(=O)C1=O. The maximum atomic E-state index is 13.5. The number of nitrogens with zero attached hydrogens (tertiary/aromatic N) is 2. The number of para-hydroxylation sites is 1. The van der Waals surface area contributed by atoms with Crippen molar-refractivity contribution >= 4 is 60.0 Å². The van der Waals surface area contributed by atoms with Gasteiger partial charge in [0.25, 0.3) is 0 Å². The normalized spacial score (nSPS) is 17.6. The van der Waals surface area contributed by atoms with Crippen LogP contribution in [0.5, 0.6) is 11.5 Å². The summed E-state index contributed by atoms with van der Waals surface area (Å²) < 4.78 is 5.40. The van der Waals surface area contributed by atoms with Crippen molar-refractivity contribution < 1.29 is 43.9 Å². The van der Waals surface area contributed by atoms with Gasteiger partial charge in [-0.3, -0.25) is 19.3 Å². The molecular formula is C24H23BCl2N4O9. The second-order valence-electron chi connectivity index (χ2n) is 8.98. The summed E-state index contributed by atoms with van der Waals surface area (Å²) in [5.41, 5.74) is 0.181. The molecule has 0 aliphatic carbocycles. The van der Waals surface area contributed by atoms with Gasteiger partial charge in [-0.25, -0.2) is 9.59 Å². The van der Waals surface area contributed by atoms with Crippen LogP contribution in [0.2, 0.25) is 10.0 Å². The Balaban J connectivity index is 1.61. The van der Waals surface area contributed by atoms with E-state index in [2.05, 4.69) is 10.6 Å². The van der Waals surface area contributed by atoms with Gasteiger partial charge in [-0.1, -0.05) is 35.3 Å². The Morgan fingerprint density at radius 1 is 1.15 bits per heavy atom. The van der Waals surface area contributed by atoms with E-state index in [0.29, 0.717) is 10.5 Å². The summed E-state index contributed by atoms with van der Waals surface area (Å²) in [6.45, 7) is 1.93. The molecule has 2 atom stereocenters. The molecule has 2 aliphatic rings. The summed E-state index contributed by atoms with van der Waals surface area (Å²) in [7, 11) is -1.66. The predicted octanol–water partition coefficient (Wildman–Crippen LogP) is 0.978. The molecule has 4 rings (SSSR count). The lowest BCUT2D eigenvalue weighted by atomic mass is 9.72. The van der Waals surface area contributed by atoms with Crippen LogP contribution < -0.4 is 15.3 Å². The number of amides is 5. The number of phenolic OH excluding ortho intramolecular Hbond substituents is 1. The van der Waals surface area contributed by atoms with Gasteiger partial charge in [0.2, 0.25) is 5.91 Å². The Bertz CT molecular complexity index is 1410. The topological polar surface area (TPSA) is 186 Å². The first kappa shape index (κ1) is 29.0. The fourth-order valence-corrected chi connectivity index (χ4v) is 4.85. The molecule has 40 heavy (non-hydrogen) atoms. The molecule has 0 unspecified atom stereocenters. The summed E-state index contributed by atoms with van der Waals surface area (Å²) in [5.74, 6) is -5.65. The van der Waals surface area contributed by atoms with E-state index in [0.717, 1.165) is 12.1 Å². The summed E-state index contributed by atoms with van der Waals surface area (Å²) in [4.78, 5) is 64.9. The zero-order valence-electron chi connectivity index (χ0n) is 20.9. The molecule has 1 saturated heterocycles. The number of urea groups is 1. The lowest BCUT2D eigenvalue weighted by Gasteiger charge is -2.33. The number of rotatable bonds is 6. The molecule has 0 saturated carbocycles. The van der Waals surface area contributed by atoms with Crippen LogP contribution in [0.1, 0.15) is 34.5 Å². The Hall–Kier alpha value is -4.01. The van der Waals surface area contributed by atoms with Gasteiger partial charge in [-0.15, -0.1) is 0 Å². The Morgan fingerprint density at radius 2 is 1.88 bits per heavy atom. The lowest BCUT2D eigenvalue weighted by molar-refractivity contribution is -0.153. The minimum Gasteiger partial charge on any atom is -0.534 e. The highest BCUT2D eigenvalue weighted by Gasteiger charge is 2.41. The number of carbonyl (C=O) groups is 5. The van der Waals surface area contributed by atoms with Crippen molar-refractivity contribution in [1.82, 2.24) is 20.4 Å². The molecule has 16 heteroatoms. The summed E-state index contributed by atoms with van der Waals surface area (Å²) in [5, 5.41) is 34.4. The number of aromatic carboxylic acids is 1. The van der Waals surface area contributed by atoms with E-state index in [4.69, 9.17) is 27.9 Å². The number of hydrogen-bond donors (Lipinski definition) is 5. The van der Waals surface area contributed by atoms with Crippen molar-refractivity contribution in [3.05, 3.63) is 57.1 Å². The van der Waals surface area contributed by atoms with Gasteiger partial charge in [0.15, 0.2) is 0 Å². The number of fused-ring (bicyclic) bond motifs is 1. The highest BCUT2D eigenvalue weighted by atomic mass is 35.5. The lowest BCUT2D eigenvalue weighted by Crippen LogP contribution is -2.60. The predicted molar refractivity (Wildman–Crippen MR) is 141 cm³/mol. The van der Waals surface area contributed by atoms with Gasteiger partial charge >= 0.3 is 30.9 Å². The molecule has 5 N–H and O–H groups in total. The van der Waals surface area contributed by atoms with Gasteiger partial charge in [0.05, 0.1) is 21.5 Å². The number of imide groups is 1. The van der Waals surface area contributed by atoms with Gasteiger partial charge in [0.1, 0.15) is 17.5 Å². The molecule has 0 spiro atoms. The zero-order valence-corrected chi connectivity index (χ0v) is 22.4. The first-order valence-electron chi connectivity index (χ1n) is 12.0. The van der Waals surface area contributed by atoms with Crippen LogP contribution in [-0.4, -0.2) is 87.5 Å². The average Bonchev–Trinajstić information content (AvgIpc) is 2.90. The van der Waals surface area contributed by atoms with E-state index >= 15 is 0 Å². The van der Waals surface area contributed by atoms with Crippen molar-refractivity contribution in [2.45, 2.75) is 25.3 Å². The fraction of sp³-hybridized carbons (Fsp3) is 0.292. The molecule has 210 valence electrons. The van der Waals surface area contributed by atoms with Crippen LogP contribution in [-0.2, 0) is 20.8 Å². The van der Waals surface area contributed by atoms with Crippen molar-refractivity contribution in [3.63, 3.8) is 0 Å². The van der Waals surface area contributed by atoms with Crippen LogP contribution in [0.25, 0.3) is 0 Å². The Labute approximate surface area is 237 Å². The number of benzene rings is 2. The number of halogens is 2. The zero-order chi connectivity index (χ0) is 29.3. The third kappa shape index (κ3) is 5.64. The third-order valence-corrected chi connectivity index (χ3v) is 7.15. The maximum Gasteiger partial charge on any atom is 0.547 e. The fourth-order valence-electron chi connectivity index (χ4n) is 4.41. The second-order valence-corrected chi connectivity index (χ2v) is 9.79. The maximum absolute atomic E-state index is 13.5. The van der Waals surface area contributed by atoms with Crippen molar-refractivity contribution in [1.29, 1.82) is 0 Å². The number of phenols is 1. The van der Waals surface area contributed by atoms with Gasteiger partial charge in [-0.05, 0) is 31.0 Å². The van der Waals surface area contributed by atoms with Crippen molar-refractivity contribution in [3.8, 4) is 11.5 Å². The van der Waals surface area contributed by atoms with Crippen LogP contribution in [0.4, 0.5) is 4.79 Å². The van der Waals surface area contributed by atoms with Gasteiger partial charge < -0.3 is 35.4 Å². The van der Waals surface area contributed by atoms with Gasteiger partial charge in [-0.2, -0.15) is 0 Å². The number of piperazine rings is 1. The summed E-state index contributed by atoms with van der Waals surface area (Å²) >= 11 is 12.3. The number of nitrogens with one attached hydrogen (secondary N) is 2. The van der Waals surface area contributed by atoms with E-state index < -0.39 is 48.8 Å². The first-order valence-corrected chi connectivity index (χ1v) is 12.8.